The Labute approximate surface area is 210 Å². The molecule has 3 fully saturated rings. The quantitative estimate of drug-likeness (QED) is 0.322. The third-order valence-corrected chi connectivity index (χ3v) is 7.20. The summed E-state index contributed by atoms with van der Waals surface area (Å²) in [6, 6.07) is 9.79. The molecule has 8 heteroatoms. The third-order valence-electron chi connectivity index (χ3n) is 7.20. The van der Waals surface area contributed by atoms with Gasteiger partial charge in [0.2, 0.25) is 5.95 Å². The van der Waals surface area contributed by atoms with Gasteiger partial charge in [-0.1, -0.05) is 52.0 Å². The van der Waals surface area contributed by atoms with Crippen LogP contribution in [0.3, 0.4) is 0 Å². The van der Waals surface area contributed by atoms with E-state index in [4.69, 9.17) is 10.6 Å². The predicted octanol–water partition coefficient (Wildman–Crippen LogP) is 4.20. The number of nitrogens with one attached hydrogen (secondary N) is 2. The number of piperidine rings is 1. The molecule has 1 aromatic carbocycles. The van der Waals surface area contributed by atoms with Gasteiger partial charge in [-0.3, -0.25) is 15.1 Å². The Kier molecular flexibility index (Phi) is 10.0. The molecule has 35 heavy (non-hydrogen) atoms. The van der Waals surface area contributed by atoms with E-state index in [9.17, 15) is 4.79 Å². The lowest BCUT2D eigenvalue weighted by Crippen LogP contribution is -2.51. The molecule has 4 N–H and O–H groups in total. The minimum Gasteiger partial charge on any atom is -0.378 e. The first kappa shape index (κ1) is 27.0. The zero-order valence-electron chi connectivity index (χ0n) is 21.7. The second kappa shape index (κ2) is 13.0. The standard InChI is InChI=1S/C23H30N6O2.2C2H6/c24-28-21(30)18-12-25-22(26-13-18)27-23(8-1-9-23)19-4-2-16(3-5-19)17-6-10-29(11-7-17)20-14-31-15-20;2*1-2/h2-5,12-13,17,20H,1,6-11,14-15,24H2,(H,28,30)(H,25,26,27);2*1-2H3. The number of hydrogen-bond donors (Lipinski definition) is 3. The molecule has 1 amide bonds. The van der Waals surface area contributed by atoms with Crippen LogP contribution < -0.4 is 16.6 Å². The molecule has 5 rings (SSSR count). The fraction of sp³-hybridized carbons (Fsp3) is 0.593. The van der Waals surface area contributed by atoms with Crippen molar-refractivity contribution in [2.75, 3.05) is 31.6 Å². The molecule has 3 aliphatic rings. The number of ether oxygens (including phenoxy) is 1. The minimum atomic E-state index is -0.396. The van der Waals surface area contributed by atoms with Gasteiger partial charge in [-0.05, 0) is 62.2 Å². The van der Waals surface area contributed by atoms with Crippen molar-refractivity contribution in [2.24, 2.45) is 5.84 Å². The van der Waals surface area contributed by atoms with Crippen molar-refractivity contribution in [3.8, 4) is 0 Å². The van der Waals surface area contributed by atoms with E-state index in [1.165, 1.54) is 55.9 Å². The summed E-state index contributed by atoms with van der Waals surface area (Å²) in [6.45, 7) is 12.1. The monoisotopic (exact) mass is 482 g/mol. The highest BCUT2D eigenvalue weighted by atomic mass is 16.5. The van der Waals surface area contributed by atoms with Gasteiger partial charge in [0, 0.05) is 12.4 Å². The fourth-order valence-corrected chi connectivity index (χ4v) is 4.93. The molecule has 1 aromatic heterocycles. The van der Waals surface area contributed by atoms with Crippen molar-refractivity contribution < 1.29 is 9.53 Å². The highest BCUT2D eigenvalue weighted by Crippen LogP contribution is 2.44. The molecule has 0 bridgehead atoms. The van der Waals surface area contributed by atoms with Gasteiger partial charge in [0.1, 0.15) is 0 Å². The number of aromatic nitrogens is 2. The molecule has 1 saturated carbocycles. The first-order valence-corrected chi connectivity index (χ1v) is 13.2. The molecule has 2 aromatic rings. The van der Waals surface area contributed by atoms with Crippen LogP contribution in [0.25, 0.3) is 0 Å². The molecule has 3 heterocycles. The molecule has 192 valence electrons. The zero-order valence-corrected chi connectivity index (χ0v) is 21.7. The summed E-state index contributed by atoms with van der Waals surface area (Å²) in [7, 11) is 0. The molecule has 0 spiro atoms. The molecule has 0 radical (unpaired) electrons. The number of likely N-dealkylation sites (tertiary alicyclic amines) is 1. The van der Waals surface area contributed by atoms with E-state index in [-0.39, 0.29) is 5.54 Å². The summed E-state index contributed by atoms with van der Waals surface area (Å²) in [5.41, 5.74) is 5.02. The van der Waals surface area contributed by atoms with Crippen molar-refractivity contribution in [3.05, 3.63) is 53.3 Å². The Morgan fingerprint density at radius 3 is 2.09 bits per heavy atom. The third kappa shape index (κ3) is 6.18. The van der Waals surface area contributed by atoms with Crippen molar-refractivity contribution in [3.63, 3.8) is 0 Å². The largest absolute Gasteiger partial charge is 0.378 e. The molecule has 2 aliphatic heterocycles. The van der Waals surface area contributed by atoms with E-state index in [1.807, 2.05) is 27.7 Å². The Morgan fingerprint density at radius 1 is 1.03 bits per heavy atom. The number of benzene rings is 1. The van der Waals surface area contributed by atoms with Crippen LogP contribution in [-0.4, -0.2) is 53.1 Å². The number of hydrogen-bond acceptors (Lipinski definition) is 7. The maximum absolute atomic E-state index is 11.6. The van der Waals surface area contributed by atoms with Crippen molar-refractivity contribution >= 4 is 11.9 Å². The van der Waals surface area contributed by atoms with Crippen LogP contribution in [0.2, 0.25) is 0 Å². The van der Waals surface area contributed by atoms with E-state index in [0.717, 1.165) is 26.1 Å². The Morgan fingerprint density at radius 2 is 1.63 bits per heavy atom. The smallest absolute Gasteiger partial charge is 0.268 e. The second-order valence-electron chi connectivity index (χ2n) is 8.95. The van der Waals surface area contributed by atoms with Gasteiger partial charge in [0.05, 0.1) is 30.4 Å². The maximum atomic E-state index is 11.6. The van der Waals surface area contributed by atoms with E-state index in [0.29, 0.717) is 23.5 Å². The van der Waals surface area contributed by atoms with Crippen LogP contribution in [0.1, 0.15) is 87.2 Å². The highest BCUT2D eigenvalue weighted by molar-refractivity contribution is 5.93. The van der Waals surface area contributed by atoms with E-state index in [2.05, 4.69) is 49.9 Å². The lowest BCUT2D eigenvalue weighted by molar-refractivity contribution is -0.0712. The van der Waals surface area contributed by atoms with E-state index >= 15 is 0 Å². The van der Waals surface area contributed by atoms with Crippen molar-refractivity contribution in [1.29, 1.82) is 0 Å². The number of carbonyl (C=O) groups excluding carboxylic acids is 1. The number of nitrogens with zero attached hydrogens (tertiary/aromatic N) is 3. The molecular weight excluding hydrogens is 440 g/mol. The SMILES string of the molecule is CC.CC.NNC(=O)c1cnc(NC2(c3ccc(C4CCN(C5COC5)CC4)cc3)CCC2)nc1. The number of anilines is 1. The Bertz CT molecular complexity index is 902. The van der Waals surface area contributed by atoms with Crippen molar-refractivity contribution in [1.82, 2.24) is 20.3 Å². The van der Waals surface area contributed by atoms with Crippen LogP contribution in [0.15, 0.2) is 36.7 Å². The zero-order chi connectivity index (χ0) is 25.3. The van der Waals surface area contributed by atoms with Gasteiger partial charge in [0.25, 0.3) is 5.91 Å². The van der Waals surface area contributed by atoms with Crippen molar-refractivity contribution in [2.45, 2.75) is 77.3 Å². The topological polar surface area (TPSA) is 105 Å². The molecule has 0 atom stereocenters. The van der Waals surface area contributed by atoms with E-state index in [1.54, 1.807) is 0 Å². The van der Waals surface area contributed by atoms with Crippen LogP contribution in [0.4, 0.5) is 5.95 Å². The van der Waals surface area contributed by atoms with Gasteiger partial charge in [-0.15, -0.1) is 0 Å². The second-order valence-corrected chi connectivity index (χ2v) is 8.95. The summed E-state index contributed by atoms with van der Waals surface area (Å²) < 4.78 is 5.35. The van der Waals surface area contributed by atoms with Gasteiger partial charge < -0.3 is 10.1 Å². The normalized spacial score (nSPS) is 19.6. The summed E-state index contributed by atoms with van der Waals surface area (Å²) in [6.07, 6.45) is 8.69. The molecule has 2 saturated heterocycles. The molecule has 1 aliphatic carbocycles. The predicted molar refractivity (Wildman–Crippen MR) is 140 cm³/mol. The summed E-state index contributed by atoms with van der Waals surface area (Å²) in [5, 5.41) is 3.52. The number of nitrogen functional groups attached to an aromatic ring is 1. The van der Waals surface area contributed by atoms with Crippen LogP contribution in [-0.2, 0) is 10.3 Å². The average Bonchev–Trinajstić information content (AvgIpc) is 2.88. The molecule has 8 nitrogen and oxygen atoms in total. The van der Waals surface area contributed by atoms with Crippen LogP contribution >= 0.6 is 0 Å². The molecular formula is C27H42N6O2. The highest BCUT2D eigenvalue weighted by Gasteiger charge is 2.39. The van der Waals surface area contributed by atoms with E-state index < -0.39 is 5.91 Å². The number of nitrogens with two attached hydrogens (primary N) is 1. The number of rotatable bonds is 6. The lowest BCUT2D eigenvalue weighted by Gasteiger charge is -2.43. The van der Waals surface area contributed by atoms with Gasteiger partial charge in [0.15, 0.2) is 0 Å². The van der Waals surface area contributed by atoms with Gasteiger partial charge >= 0.3 is 0 Å². The maximum Gasteiger partial charge on any atom is 0.268 e. The lowest BCUT2D eigenvalue weighted by atomic mass is 9.71. The summed E-state index contributed by atoms with van der Waals surface area (Å²) in [5.74, 6) is 5.94. The first-order valence-electron chi connectivity index (χ1n) is 13.2. The summed E-state index contributed by atoms with van der Waals surface area (Å²) >= 11 is 0. The Hall–Kier alpha value is -2.55. The van der Waals surface area contributed by atoms with Gasteiger partial charge in [-0.25, -0.2) is 15.8 Å². The average molecular weight is 483 g/mol. The minimum absolute atomic E-state index is 0.135. The van der Waals surface area contributed by atoms with Crippen LogP contribution in [0, 0.1) is 0 Å². The van der Waals surface area contributed by atoms with Gasteiger partial charge in [-0.2, -0.15) is 0 Å². The number of amides is 1. The molecule has 0 unspecified atom stereocenters. The van der Waals surface area contributed by atoms with Crippen LogP contribution in [0.5, 0.6) is 0 Å². The Balaban J connectivity index is 0.000000815. The number of carbonyl (C=O) groups is 1. The number of hydrazine groups is 1. The fourth-order valence-electron chi connectivity index (χ4n) is 4.93. The first-order chi connectivity index (χ1) is 17.2. The summed E-state index contributed by atoms with van der Waals surface area (Å²) in [4.78, 5) is 22.8.